The summed E-state index contributed by atoms with van der Waals surface area (Å²) in [6, 6.07) is 3.26. The summed E-state index contributed by atoms with van der Waals surface area (Å²) >= 11 is 0. The van der Waals surface area contributed by atoms with Crippen LogP contribution in [0.15, 0.2) is 18.2 Å². The molecule has 1 amide bonds. The van der Waals surface area contributed by atoms with Crippen molar-refractivity contribution in [3.05, 3.63) is 33.9 Å². The highest BCUT2D eigenvalue weighted by Gasteiger charge is 2.20. The average molecular weight is 267 g/mol. The number of carbonyl (C=O) groups excluding carboxylic acids is 1. The largest absolute Gasteiger partial charge is 0.481 e. The van der Waals surface area contributed by atoms with Crippen molar-refractivity contribution in [2.75, 3.05) is 5.73 Å². The van der Waals surface area contributed by atoms with Crippen molar-refractivity contribution < 1.29 is 19.6 Å². The normalized spacial score (nSPS) is 11.6. The molecule has 0 fully saturated rings. The minimum absolute atomic E-state index is 0.0496. The number of carbonyl (C=O) groups is 2. The number of carboxylic acids is 1. The summed E-state index contributed by atoms with van der Waals surface area (Å²) in [5.74, 6) is -1.70. The Kier molecular flexibility index (Phi) is 4.41. The van der Waals surface area contributed by atoms with Gasteiger partial charge in [0.15, 0.2) is 0 Å². The summed E-state index contributed by atoms with van der Waals surface area (Å²) in [4.78, 5) is 32.3. The molecule has 0 aromatic heterocycles. The minimum Gasteiger partial charge on any atom is -0.481 e. The number of rotatable bonds is 5. The summed E-state index contributed by atoms with van der Waals surface area (Å²) < 4.78 is 0. The summed E-state index contributed by atoms with van der Waals surface area (Å²) in [5.41, 5.74) is 4.89. The van der Waals surface area contributed by atoms with Gasteiger partial charge in [-0.1, -0.05) is 6.07 Å². The van der Waals surface area contributed by atoms with Crippen molar-refractivity contribution in [3.63, 3.8) is 0 Å². The number of anilines is 1. The monoisotopic (exact) mass is 267 g/mol. The van der Waals surface area contributed by atoms with Gasteiger partial charge in [0.2, 0.25) is 0 Å². The van der Waals surface area contributed by atoms with E-state index in [2.05, 4.69) is 5.32 Å². The zero-order chi connectivity index (χ0) is 14.6. The van der Waals surface area contributed by atoms with Crippen LogP contribution in [-0.4, -0.2) is 27.9 Å². The number of nitro groups is 1. The van der Waals surface area contributed by atoms with Crippen molar-refractivity contribution in [1.82, 2.24) is 5.32 Å². The first-order valence-electron chi connectivity index (χ1n) is 5.38. The van der Waals surface area contributed by atoms with Crippen LogP contribution in [0.1, 0.15) is 23.7 Å². The molecule has 1 aromatic carbocycles. The van der Waals surface area contributed by atoms with Crippen LogP contribution in [0.4, 0.5) is 11.4 Å². The Balaban J connectivity index is 2.92. The lowest BCUT2D eigenvalue weighted by atomic mass is 10.1. The van der Waals surface area contributed by atoms with Gasteiger partial charge in [0.05, 0.1) is 16.9 Å². The van der Waals surface area contributed by atoms with E-state index in [-0.39, 0.29) is 23.4 Å². The summed E-state index contributed by atoms with van der Waals surface area (Å²) in [5, 5.41) is 21.7. The molecular formula is C11H13N3O5. The van der Waals surface area contributed by atoms with Gasteiger partial charge in [0.25, 0.3) is 11.6 Å². The van der Waals surface area contributed by atoms with E-state index in [4.69, 9.17) is 10.8 Å². The Morgan fingerprint density at radius 2 is 2.16 bits per heavy atom. The van der Waals surface area contributed by atoms with Gasteiger partial charge < -0.3 is 16.2 Å². The SMILES string of the molecule is CC(CC(=O)O)NC(=O)c1cccc([N+](=O)[O-])c1N. The number of nitrogens with zero attached hydrogens (tertiary/aromatic N) is 1. The summed E-state index contributed by atoms with van der Waals surface area (Å²) in [6.45, 7) is 1.51. The van der Waals surface area contributed by atoms with Crippen molar-refractivity contribution in [2.24, 2.45) is 0 Å². The number of aliphatic carboxylic acids is 1. The van der Waals surface area contributed by atoms with Crippen LogP contribution in [0.3, 0.4) is 0 Å². The first kappa shape index (κ1) is 14.4. The Bertz CT molecular complexity index is 529. The number of nitro benzene ring substituents is 1. The van der Waals surface area contributed by atoms with Gasteiger partial charge in [0, 0.05) is 12.1 Å². The molecule has 0 aliphatic heterocycles. The molecule has 0 aliphatic carbocycles. The molecule has 1 rings (SSSR count). The average Bonchev–Trinajstić information content (AvgIpc) is 2.27. The fraction of sp³-hybridized carbons (Fsp3) is 0.273. The van der Waals surface area contributed by atoms with Gasteiger partial charge in [-0.15, -0.1) is 0 Å². The maximum absolute atomic E-state index is 11.8. The van der Waals surface area contributed by atoms with Gasteiger partial charge in [-0.05, 0) is 13.0 Å². The van der Waals surface area contributed by atoms with Crippen molar-refractivity contribution in [2.45, 2.75) is 19.4 Å². The second-order valence-electron chi connectivity index (χ2n) is 3.97. The van der Waals surface area contributed by atoms with Crippen LogP contribution >= 0.6 is 0 Å². The van der Waals surface area contributed by atoms with Gasteiger partial charge in [-0.2, -0.15) is 0 Å². The molecule has 0 heterocycles. The van der Waals surface area contributed by atoms with E-state index in [1.165, 1.54) is 25.1 Å². The number of amides is 1. The van der Waals surface area contributed by atoms with Crippen LogP contribution in [-0.2, 0) is 4.79 Å². The molecule has 0 saturated heterocycles. The van der Waals surface area contributed by atoms with E-state index in [1.54, 1.807) is 0 Å². The first-order chi connectivity index (χ1) is 8.82. The fourth-order valence-electron chi connectivity index (χ4n) is 1.52. The van der Waals surface area contributed by atoms with E-state index in [9.17, 15) is 19.7 Å². The van der Waals surface area contributed by atoms with Gasteiger partial charge in [-0.3, -0.25) is 19.7 Å². The molecule has 0 bridgehead atoms. The van der Waals surface area contributed by atoms with Crippen LogP contribution in [0.5, 0.6) is 0 Å². The molecule has 1 aromatic rings. The second kappa shape index (κ2) is 5.80. The number of benzene rings is 1. The molecule has 1 unspecified atom stereocenters. The van der Waals surface area contributed by atoms with Gasteiger partial charge in [-0.25, -0.2) is 0 Å². The molecule has 19 heavy (non-hydrogen) atoms. The van der Waals surface area contributed by atoms with Crippen LogP contribution in [0, 0.1) is 10.1 Å². The van der Waals surface area contributed by atoms with Crippen LogP contribution in [0.2, 0.25) is 0 Å². The molecule has 0 spiro atoms. The molecule has 4 N–H and O–H groups in total. The van der Waals surface area contributed by atoms with Crippen molar-refractivity contribution in [1.29, 1.82) is 0 Å². The van der Waals surface area contributed by atoms with E-state index in [0.717, 1.165) is 0 Å². The molecule has 0 radical (unpaired) electrons. The Labute approximate surface area is 108 Å². The zero-order valence-electron chi connectivity index (χ0n) is 10.1. The van der Waals surface area contributed by atoms with Crippen molar-refractivity contribution in [3.8, 4) is 0 Å². The minimum atomic E-state index is -1.06. The molecule has 102 valence electrons. The number of nitrogen functional groups attached to an aromatic ring is 1. The van der Waals surface area contributed by atoms with E-state index in [1.807, 2.05) is 0 Å². The molecular weight excluding hydrogens is 254 g/mol. The summed E-state index contributed by atoms with van der Waals surface area (Å²) in [6.07, 6.45) is -0.249. The highest BCUT2D eigenvalue weighted by molar-refractivity contribution is 6.01. The topological polar surface area (TPSA) is 136 Å². The second-order valence-corrected chi connectivity index (χ2v) is 3.97. The van der Waals surface area contributed by atoms with Gasteiger partial charge in [0.1, 0.15) is 5.69 Å². The number of nitrogens with two attached hydrogens (primary N) is 1. The van der Waals surface area contributed by atoms with Crippen molar-refractivity contribution >= 4 is 23.3 Å². The molecule has 0 aliphatic rings. The smallest absolute Gasteiger partial charge is 0.305 e. The molecule has 8 heteroatoms. The first-order valence-corrected chi connectivity index (χ1v) is 5.38. The lowest BCUT2D eigenvalue weighted by molar-refractivity contribution is -0.383. The maximum atomic E-state index is 11.8. The molecule has 0 saturated carbocycles. The fourth-order valence-corrected chi connectivity index (χ4v) is 1.52. The number of hydrogen-bond acceptors (Lipinski definition) is 5. The third-order valence-corrected chi connectivity index (χ3v) is 2.38. The zero-order valence-corrected chi connectivity index (χ0v) is 10.1. The lowest BCUT2D eigenvalue weighted by Crippen LogP contribution is -2.34. The third-order valence-electron chi connectivity index (χ3n) is 2.38. The number of para-hydroxylation sites is 1. The highest BCUT2D eigenvalue weighted by atomic mass is 16.6. The predicted molar refractivity (Wildman–Crippen MR) is 66.7 cm³/mol. The third kappa shape index (κ3) is 3.66. The number of nitrogens with one attached hydrogen (secondary N) is 1. The maximum Gasteiger partial charge on any atom is 0.305 e. The van der Waals surface area contributed by atoms with E-state index < -0.39 is 22.8 Å². The Hall–Kier alpha value is -2.64. The molecule has 8 nitrogen and oxygen atoms in total. The number of carboxylic acid groups (broad SMARTS) is 1. The van der Waals surface area contributed by atoms with E-state index in [0.29, 0.717) is 0 Å². The van der Waals surface area contributed by atoms with Crippen LogP contribution < -0.4 is 11.1 Å². The summed E-state index contributed by atoms with van der Waals surface area (Å²) in [7, 11) is 0. The predicted octanol–water partition coefficient (Wildman–Crippen LogP) is 0.770. The Morgan fingerprint density at radius 3 is 2.68 bits per heavy atom. The van der Waals surface area contributed by atoms with Gasteiger partial charge >= 0.3 is 5.97 Å². The quantitative estimate of drug-likeness (QED) is 0.409. The highest BCUT2D eigenvalue weighted by Crippen LogP contribution is 2.24. The number of hydrogen-bond donors (Lipinski definition) is 3. The van der Waals surface area contributed by atoms with E-state index >= 15 is 0 Å². The molecule has 1 atom stereocenters. The lowest BCUT2D eigenvalue weighted by Gasteiger charge is -2.12. The van der Waals surface area contributed by atoms with Crippen LogP contribution in [0.25, 0.3) is 0 Å². The standard InChI is InChI=1S/C11H13N3O5/c1-6(5-9(15)16)13-11(17)7-3-2-4-8(10(7)12)14(18)19/h2-4,6H,5,12H2,1H3,(H,13,17)(H,15,16). The Morgan fingerprint density at radius 1 is 1.53 bits per heavy atom.